The summed E-state index contributed by atoms with van der Waals surface area (Å²) in [6, 6.07) is 4.76. The number of carbonyl (C=O) groups excluding carboxylic acids is 1. The number of sulfone groups is 1. The van der Waals surface area contributed by atoms with Gasteiger partial charge in [0, 0.05) is 18.8 Å². The molecule has 2 aromatic rings. The maximum absolute atomic E-state index is 12.4. The van der Waals surface area contributed by atoms with Gasteiger partial charge in [-0.2, -0.15) is 5.10 Å². The maximum Gasteiger partial charge on any atom is 0.276 e. The predicted molar refractivity (Wildman–Crippen MR) is 107 cm³/mol. The molecule has 144 valence electrons. The first-order chi connectivity index (χ1) is 12.8. The van der Waals surface area contributed by atoms with Gasteiger partial charge in [-0.1, -0.05) is 29.4 Å². The van der Waals surface area contributed by atoms with E-state index >= 15 is 0 Å². The van der Waals surface area contributed by atoms with E-state index in [0.29, 0.717) is 4.36 Å². The van der Waals surface area contributed by atoms with E-state index < -0.39 is 27.9 Å². The predicted octanol–water partition coefficient (Wildman–Crippen LogP) is 0.907. The molecule has 2 N–H and O–H groups in total. The van der Waals surface area contributed by atoms with E-state index in [1.54, 1.807) is 23.0 Å². The average Bonchev–Trinajstić information content (AvgIpc) is 3.12. The lowest BCUT2D eigenvalue weighted by atomic mass is 10.2. The van der Waals surface area contributed by atoms with Crippen molar-refractivity contribution in [1.82, 2.24) is 14.9 Å². The van der Waals surface area contributed by atoms with Crippen molar-refractivity contribution in [2.24, 2.45) is 4.99 Å². The molecule has 0 radical (unpaired) electrons. The molecule has 8 nitrogen and oxygen atoms in total. The van der Waals surface area contributed by atoms with E-state index in [0.717, 1.165) is 22.8 Å². The average molecular weight is 429 g/mol. The molecule has 0 aliphatic carbocycles. The lowest BCUT2D eigenvalue weighted by Gasteiger charge is -2.15. The van der Waals surface area contributed by atoms with Gasteiger partial charge < -0.3 is 10.4 Å². The van der Waals surface area contributed by atoms with E-state index in [-0.39, 0.29) is 16.5 Å². The van der Waals surface area contributed by atoms with Gasteiger partial charge in [0.2, 0.25) is 0 Å². The zero-order chi connectivity index (χ0) is 19.6. The van der Waals surface area contributed by atoms with Crippen LogP contribution in [0.25, 0.3) is 11.6 Å². The lowest BCUT2D eigenvalue weighted by Crippen LogP contribution is -2.44. The highest BCUT2D eigenvalue weighted by molar-refractivity contribution is 8.20. The van der Waals surface area contributed by atoms with Crippen molar-refractivity contribution in [2.75, 3.05) is 18.6 Å². The molecule has 0 bridgehead atoms. The van der Waals surface area contributed by atoms with Crippen molar-refractivity contribution in [2.45, 2.75) is 12.1 Å². The van der Waals surface area contributed by atoms with Crippen LogP contribution in [0.2, 0.25) is 0 Å². The van der Waals surface area contributed by atoms with Gasteiger partial charge in [0.15, 0.2) is 14.9 Å². The third-order valence-electron chi connectivity index (χ3n) is 3.96. The van der Waals surface area contributed by atoms with Crippen molar-refractivity contribution in [3.8, 4) is 0 Å². The molecule has 1 fully saturated rings. The molecule has 0 aromatic carbocycles. The first-order valence-electron chi connectivity index (χ1n) is 7.92. The Morgan fingerprint density at radius 2 is 2.26 bits per heavy atom. The fourth-order valence-corrected chi connectivity index (χ4v) is 5.39. The summed E-state index contributed by atoms with van der Waals surface area (Å²) in [5.74, 6) is -1.25. The number of aliphatic hydroxyl groups excluding tert-OH is 1. The summed E-state index contributed by atoms with van der Waals surface area (Å²) in [7, 11) is -1.93. The van der Waals surface area contributed by atoms with Gasteiger partial charge in [-0.3, -0.25) is 9.79 Å². The summed E-state index contributed by atoms with van der Waals surface area (Å²) in [4.78, 5) is 16.3. The number of hydrogen-bond donors (Lipinski definition) is 2. The number of thioether (sulfide) groups is 1. The van der Waals surface area contributed by atoms with E-state index in [1.807, 2.05) is 18.2 Å². The summed E-state index contributed by atoms with van der Waals surface area (Å²) in [6.45, 7) is 0. The molecule has 1 aliphatic heterocycles. The van der Waals surface area contributed by atoms with Crippen LogP contribution < -0.4 is 5.32 Å². The summed E-state index contributed by atoms with van der Waals surface area (Å²) in [5.41, 5.74) is 1.64. The molecule has 27 heavy (non-hydrogen) atoms. The van der Waals surface area contributed by atoms with Crippen molar-refractivity contribution in [1.29, 1.82) is 0 Å². The zero-order valence-electron chi connectivity index (χ0n) is 14.2. The molecule has 0 spiro atoms. The van der Waals surface area contributed by atoms with Crippen LogP contribution in [0.5, 0.6) is 0 Å². The van der Waals surface area contributed by atoms with Crippen LogP contribution in [0.4, 0.5) is 0 Å². The van der Waals surface area contributed by atoms with Crippen molar-refractivity contribution in [3.63, 3.8) is 0 Å². The van der Waals surface area contributed by atoms with Gasteiger partial charge in [0.05, 0.1) is 39.7 Å². The fourth-order valence-electron chi connectivity index (χ4n) is 2.70. The van der Waals surface area contributed by atoms with Crippen LogP contribution in [-0.2, 0) is 14.6 Å². The van der Waals surface area contributed by atoms with Crippen molar-refractivity contribution >= 4 is 55.7 Å². The molecule has 11 heteroatoms. The number of aliphatic imine (C=N–C) groups is 1. The van der Waals surface area contributed by atoms with E-state index in [2.05, 4.69) is 15.4 Å². The molecule has 2 atom stereocenters. The molecule has 1 aliphatic rings. The molecule has 3 rings (SSSR count). The summed E-state index contributed by atoms with van der Waals surface area (Å²) in [5, 5.41) is 16.6. The Morgan fingerprint density at radius 3 is 2.93 bits per heavy atom. The fraction of sp³-hybridized carbons (Fsp3) is 0.312. The van der Waals surface area contributed by atoms with Crippen molar-refractivity contribution < 1.29 is 18.3 Å². The molecule has 2 aromatic heterocycles. The van der Waals surface area contributed by atoms with Gasteiger partial charge in [0.1, 0.15) is 0 Å². The second-order valence-corrected chi connectivity index (χ2v) is 9.75. The van der Waals surface area contributed by atoms with E-state index in [1.165, 1.54) is 7.05 Å². The summed E-state index contributed by atoms with van der Waals surface area (Å²) < 4.78 is 25.1. The largest absolute Gasteiger partial charge is 0.390 e. The highest BCUT2D eigenvalue weighted by Gasteiger charge is 2.37. The van der Waals surface area contributed by atoms with Crippen LogP contribution in [-0.4, -0.2) is 64.8 Å². The molecular formula is C16H17ClN4O4S2. The number of nitrogens with zero attached hydrogens (tertiary/aromatic N) is 3. The number of carbonyl (C=O) groups is 1. The first kappa shape index (κ1) is 19.9. The molecule has 1 saturated heterocycles. The van der Waals surface area contributed by atoms with Crippen LogP contribution in [0.3, 0.4) is 0 Å². The second kappa shape index (κ2) is 8.01. The topological polar surface area (TPSA) is 113 Å². The lowest BCUT2D eigenvalue weighted by molar-refractivity contribution is -0.115. The third kappa shape index (κ3) is 4.70. The smallest absolute Gasteiger partial charge is 0.276 e. The Bertz CT molecular complexity index is 1030. The van der Waals surface area contributed by atoms with E-state index in [9.17, 15) is 18.3 Å². The standard InChI is InChI=1S/C16H17ClN4O4S2/c1-18-16(15(23)20-11-8-27(24,25)9-13(11)22)26-14(17)6-10-7-19-21-5-3-2-4-12(10)21/h2-7,11,13,22H,8-9H2,1H3,(H,20,23)/b14-6+,18-16-. The van der Waals surface area contributed by atoms with Gasteiger partial charge in [-0.25, -0.2) is 12.9 Å². The molecule has 2 unspecified atom stereocenters. The number of nitrogens with one attached hydrogen (secondary N) is 1. The Kier molecular flexibility index (Phi) is 5.89. The van der Waals surface area contributed by atoms with Crippen LogP contribution >= 0.6 is 23.4 Å². The van der Waals surface area contributed by atoms with Gasteiger partial charge in [-0.15, -0.1) is 0 Å². The number of aliphatic hydroxyl groups is 1. The van der Waals surface area contributed by atoms with Gasteiger partial charge >= 0.3 is 0 Å². The highest BCUT2D eigenvalue weighted by atomic mass is 35.5. The molecule has 1 amide bonds. The minimum atomic E-state index is -3.36. The number of pyridine rings is 1. The summed E-state index contributed by atoms with van der Waals surface area (Å²) >= 11 is 7.20. The molecule has 0 saturated carbocycles. The quantitative estimate of drug-likeness (QED) is 0.555. The number of rotatable bonds is 3. The minimum absolute atomic E-state index is 0.0595. The highest BCUT2D eigenvalue weighted by Crippen LogP contribution is 2.26. The summed E-state index contributed by atoms with van der Waals surface area (Å²) in [6.07, 6.45) is 4.00. The minimum Gasteiger partial charge on any atom is -0.390 e. The maximum atomic E-state index is 12.4. The SMILES string of the molecule is C/N=C(\S/C(Cl)=C/c1cnn2ccccc12)C(=O)NC1CS(=O)(=O)CC1O. The van der Waals surface area contributed by atoms with Crippen molar-refractivity contribution in [3.05, 3.63) is 40.5 Å². The number of halogens is 1. The van der Waals surface area contributed by atoms with Crippen LogP contribution in [0.15, 0.2) is 39.9 Å². The van der Waals surface area contributed by atoms with Gasteiger partial charge in [0.25, 0.3) is 5.91 Å². The first-order valence-corrected chi connectivity index (χ1v) is 10.9. The monoisotopic (exact) mass is 428 g/mol. The molecule has 3 heterocycles. The van der Waals surface area contributed by atoms with Crippen LogP contribution in [0.1, 0.15) is 5.56 Å². The van der Waals surface area contributed by atoms with E-state index in [4.69, 9.17) is 11.6 Å². The number of aromatic nitrogens is 2. The number of amides is 1. The third-order valence-corrected chi connectivity index (χ3v) is 6.89. The Hall–Kier alpha value is -1.88. The molecular weight excluding hydrogens is 412 g/mol. The normalized spacial score (nSPS) is 22.9. The Labute approximate surface area is 165 Å². The number of fused-ring (bicyclic) bond motifs is 1. The number of hydrogen-bond acceptors (Lipinski definition) is 7. The second-order valence-electron chi connectivity index (χ2n) is 5.93. The van der Waals surface area contributed by atoms with Gasteiger partial charge in [-0.05, 0) is 18.2 Å². The Balaban J connectivity index is 1.70. The zero-order valence-corrected chi connectivity index (χ0v) is 16.6. The Morgan fingerprint density at radius 1 is 1.48 bits per heavy atom. The van der Waals surface area contributed by atoms with Crippen LogP contribution in [0, 0.1) is 0 Å².